The minimum absolute atomic E-state index is 0.138. The fourth-order valence-corrected chi connectivity index (χ4v) is 2.41. The van der Waals surface area contributed by atoms with Crippen LogP contribution in [0.5, 0.6) is 11.8 Å². The fraction of sp³-hybridized carbons (Fsp3) is 0.474. The number of pyridine rings is 2. The van der Waals surface area contributed by atoms with E-state index in [-0.39, 0.29) is 6.10 Å². The molecule has 0 amide bonds. The summed E-state index contributed by atoms with van der Waals surface area (Å²) in [4.78, 5) is 8.68. The summed E-state index contributed by atoms with van der Waals surface area (Å²) in [5, 5.41) is 0. The number of aromatic nitrogens is 2. The van der Waals surface area contributed by atoms with Crippen LogP contribution in [0, 0.1) is 13.8 Å². The lowest BCUT2D eigenvalue weighted by atomic mass is 10.1. The van der Waals surface area contributed by atoms with Gasteiger partial charge in [0.1, 0.15) is 12.7 Å². The number of hydrogen-bond acceptors (Lipinski definition) is 6. The van der Waals surface area contributed by atoms with Crippen LogP contribution in [0.3, 0.4) is 0 Å². The molecule has 0 N–H and O–H groups in total. The Labute approximate surface area is 149 Å². The van der Waals surface area contributed by atoms with E-state index >= 15 is 0 Å². The molecule has 0 aliphatic carbocycles. The fourth-order valence-electron chi connectivity index (χ4n) is 2.41. The zero-order valence-corrected chi connectivity index (χ0v) is 15.3. The van der Waals surface area contributed by atoms with Crippen molar-refractivity contribution in [2.75, 3.05) is 34.0 Å². The van der Waals surface area contributed by atoms with Crippen molar-refractivity contribution in [3.05, 3.63) is 47.3 Å². The Hall–Kier alpha value is -2.18. The van der Waals surface area contributed by atoms with E-state index in [0.29, 0.717) is 38.0 Å². The lowest BCUT2D eigenvalue weighted by Gasteiger charge is -2.19. The topological polar surface area (TPSA) is 62.7 Å². The van der Waals surface area contributed by atoms with Gasteiger partial charge in [-0.15, -0.1) is 0 Å². The third-order valence-corrected chi connectivity index (χ3v) is 3.60. The van der Waals surface area contributed by atoms with Gasteiger partial charge in [-0.25, -0.2) is 9.97 Å². The molecule has 1 atom stereocenters. The molecule has 0 saturated heterocycles. The summed E-state index contributed by atoms with van der Waals surface area (Å²) in [6, 6.07) is 5.89. The van der Waals surface area contributed by atoms with Crippen LogP contribution in [0.25, 0.3) is 0 Å². The van der Waals surface area contributed by atoms with Gasteiger partial charge < -0.3 is 18.9 Å². The molecule has 0 spiro atoms. The smallest absolute Gasteiger partial charge is 0.216 e. The zero-order chi connectivity index (χ0) is 18.1. The van der Waals surface area contributed by atoms with Gasteiger partial charge >= 0.3 is 0 Å². The van der Waals surface area contributed by atoms with Crippen LogP contribution in [0.4, 0.5) is 0 Å². The summed E-state index contributed by atoms with van der Waals surface area (Å²) in [5.74, 6) is 1.22. The molecule has 2 aromatic rings. The second kappa shape index (κ2) is 9.96. The van der Waals surface area contributed by atoms with E-state index in [1.54, 1.807) is 26.6 Å². The molecule has 136 valence electrons. The van der Waals surface area contributed by atoms with E-state index in [4.69, 9.17) is 18.9 Å². The molecule has 0 radical (unpaired) electrons. The van der Waals surface area contributed by atoms with E-state index in [1.165, 1.54) is 0 Å². The lowest BCUT2D eigenvalue weighted by Crippen LogP contribution is -2.26. The third-order valence-electron chi connectivity index (χ3n) is 3.60. The maximum atomic E-state index is 6.04. The molecule has 2 heterocycles. The lowest BCUT2D eigenvalue weighted by molar-refractivity contribution is 0.0775. The Bertz CT molecular complexity index is 646. The predicted octanol–water partition coefficient (Wildman–Crippen LogP) is 2.76. The van der Waals surface area contributed by atoms with E-state index in [1.807, 2.05) is 26.0 Å². The molecule has 2 rings (SSSR count). The maximum absolute atomic E-state index is 6.04. The van der Waals surface area contributed by atoms with Crippen molar-refractivity contribution in [3.63, 3.8) is 0 Å². The van der Waals surface area contributed by atoms with Crippen molar-refractivity contribution in [2.24, 2.45) is 0 Å². The second-order valence-corrected chi connectivity index (χ2v) is 5.88. The van der Waals surface area contributed by atoms with Crippen LogP contribution in [-0.4, -0.2) is 50.1 Å². The minimum atomic E-state index is -0.138. The predicted molar refractivity (Wildman–Crippen MR) is 95.3 cm³/mol. The van der Waals surface area contributed by atoms with Crippen molar-refractivity contribution < 1.29 is 18.9 Å². The number of nitrogens with zero attached hydrogens (tertiary/aromatic N) is 2. The molecule has 6 heteroatoms. The number of hydrogen-bond donors (Lipinski definition) is 0. The Kier molecular flexibility index (Phi) is 7.63. The highest BCUT2D eigenvalue weighted by molar-refractivity contribution is 5.28. The average Bonchev–Trinajstić information content (AvgIpc) is 2.59. The highest BCUT2D eigenvalue weighted by Gasteiger charge is 2.14. The first kappa shape index (κ1) is 19.1. The van der Waals surface area contributed by atoms with Crippen LogP contribution < -0.4 is 9.47 Å². The van der Waals surface area contributed by atoms with Crippen molar-refractivity contribution in [1.29, 1.82) is 0 Å². The van der Waals surface area contributed by atoms with Gasteiger partial charge in [0.05, 0.1) is 13.2 Å². The van der Waals surface area contributed by atoms with Crippen LogP contribution in [-0.2, 0) is 15.9 Å². The molecule has 25 heavy (non-hydrogen) atoms. The quantitative estimate of drug-likeness (QED) is 0.617. The molecule has 0 aliphatic heterocycles. The second-order valence-electron chi connectivity index (χ2n) is 5.88. The zero-order valence-electron chi connectivity index (χ0n) is 15.3. The SMILES string of the molecule is COCCOc1ccc(CC(COC)Oc2ncc(C)cc2C)cn1. The Morgan fingerprint density at radius 3 is 2.48 bits per heavy atom. The van der Waals surface area contributed by atoms with E-state index in [9.17, 15) is 0 Å². The number of ether oxygens (including phenoxy) is 4. The molecule has 0 fully saturated rings. The molecular formula is C19H26N2O4. The molecular weight excluding hydrogens is 320 g/mol. The molecule has 0 aliphatic rings. The first-order valence-corrected chi connectivity index (χ1v) is 8.28. The van der Waals surface area contributed by atoms with Gasteiger partial charge in [-0.2, -0.15) is 0 Å². The Morgan fingerprint density at radius 1 is 1.00 bits per heavy atom. The molecule has 6 nitrogen and oxygen atoms in total. The van der Waals surface area contributed by atoms with Gasteiger partial charge in [0.15, 0.2) is 0 Å². The largest absolute Gasteiger partial charge is 0.475 e. The summed E-state index contributed by atoms with van der Waals surface area (Å²) in [5.41, 5.74) is 3.17. The monoisotopic (exact) mass is 346 g/mol. The summed E-state index contributed by atoms with van der Waals surface area (Å²) in [6.45, 7) is 5.50. The van der Waals surface area contributed by atoms with Crippen molar-refractivity contribution in [1.82, 2.24) is 9.97 Å². The van der Waals surface area contributed by atoms with Gasteiger partial charge in [0.2, 0.25) is 11.8 Å². The number of methoxy groups -OCH3 is 2. The van der Waals surface area contributed by atoms with E-state index in [2.05, 4.69) is 16.0 Å². The maximum Gasteiger partial charge on any atom is 0.216 e. The van der Waals surface area contributed by atoms with Crippen molar-refractivity contribution in [3.8, 4) is 11.8 Å². The molecule has 0 saturated carbocycles. The summed E-state index contributed by atoms with van der Waals surface area (Å²) >= 11 is 0. The van der Waals surface area contributed by atoms with Crippen LogP contribution in [0.2, 0.25) is 0 Å². The third kappa shape index (κ3) is 6.32. The van der Waals surface area contributed by atoms with Crippen molar-refractivity contribution >= 4 is 0 Å². The van der Waals surface area contributed by atoms with E-state index < -0.39 is 0 Å². The molecule has 1 unspecified atom stereocenters. The highest BCUT2D eigenvalue weighted by Crippen LogP contribution is 2.18. The summed E-state index contributed by atoms with van der Waals surface area (Å²) in [7, 11) is 3.30. The van der Waals surface area contributed by atoms with Gasteiger partial charge in [-0.3, -0.25) is 0 Å². The van der Waals surface area contributed by atoms with Crippen LogP contribution in [0.1, 0.15) is 16.7 Å². The first-order chi connectivity index (χ1) is 12.1. The van der Waals surface area contributed by atoms with Gasteiger partial charge in [0.25, 0.3) is 0 Å². The molecule has 2 aromatic heterocycles. The average molecular weight is 346 g/mol. The summed E-state index contributed by atoms with van der Waals surface area (Å²) < 4.78 is 21.8. The van der Waals surface area contributed by atoms with Crippen molar-refractivity contribution in [2.45, 2.75) is 26.4 Å². The molecule has 0 bridgehead atoms. The minimum Gasteiger partial charge on any atom is -0.475 e. The summed E-state index contributed by atoms with van der Waals surface area (Å²) in [6.07, 6.45) is 4.14. The highest BCUT2D eigenvalue weighted by atomic mass is 16.5. The normalized spacial score (nSPS) is 12.0. The standard InChI is InChI=1S/C19H26N2O4/c1-14-9-15(2)19(21-11-14)25-17(13-23-4)10-16-5-6-18(20-12-16)24-8-7-22-3/h5-6,9,11-12,17H,7-8,10,13H2,1-4H3. The van der Waals surface area contributed by atoms with Gasteiger partial charge in [-0.1, -0.05) is 6.07 Å². The Balaban J connectivity index is 1.98. The first-order valence-electron chi connectivity index (χ1n) is 8.28. The van der Waals surface area contributed by atoms with Crippen LogP contribution in [0.15, 0.2) is 30.6 Å². The Morgan fingerprint density at radius 2 is 1.84 bits per heavy atom. The van der Waals surface area contributed by atoms with Gasteiger partial charge in [0, 0.05) is 44.7 Å². The van der Waals surface area contributed by atoms with E-state index in [0.717, 1.165) is 16.7 Å². The number of rotatable bonds is 10. The number of aryl methyl sites for hydroxylation is 2. The molecule has 0 aromatic carbocycles. The van der Waals surface area contributed by atoms with Gasteiger partial charge in [-0.05, 0) is 31.0 Å². The van der Waals surface area contributed by atoms with Crippen LogP contribution >= 0.6 is 0 Å².